The van der Waals surface area contributed by atoms with Gasteiger partial charge < -0.3 is 15.1 Å². The van der Waals surface area contributed by atoms with Gasteiger partial charge in [-0.25, -0.2) is 9.59 Å². The third-order valence-electron chi connectivity index (χ3n) is 4.58. The van der Waals surface area contributed by atoms with E-state index < -0.39 is 11.2 Å². The van der Waals surface area contributed by atoms with Gasteiger partial charge in [0, 0.05) is 5.39 Å². The number of benzene rings is 2. The van der Waals surface area contributed by atoms with E-state index in [9.17, 15) is 9.59 Å². The molecule has 4 rings (SSSR count). The predicted octanol–water partition coefficient (Wildman–Crippen LogP) is 3.50. The molecule has 2 N–H and O–H groups in total. The second kappa shape index (κ2) is 4.96. The first-order valence-electron chi connectivity index (χ1n) is 7.72. The lowest BCUT2D eigenvalue weighted by atomic mass is 9.82. The van der Waals surface area contributed by atoms with Gasteiger partial charge in [-0.15, -0.1) is 0 Å². The summed E-state index contributed by atoms with van der Waals surface area (Å²) in [4.78, 5) is 25.1. The zero-order valence-electron chi connectivity index (χ0n) is 13.3. The molecule has 24 heavy (non-hydrogen) atoms. The minimum atomic E-state index is -0.961. The van der Waals surface area contributed by atoms with Crippen molar-refractivity contribution in [1.29, 1.82) is 0 Å². The summed E-state index contributed by atoms with van der Waals surface area (Å²) in [5.74, 6) is 0. The second-order valence-electron chi connectivity index (χ2n) is 6.16. The molecule has 5 heteroatoms. The highest BCUT2D eigenvalue weighted by Gasteiger charge is 2.41. The molecule has 1 unspecified atom stereocenters. The van der Waals surface area contributed by atoms with E-state index in [0.29, 0.717) is 16.8 Å². The van der Waals surface area contributed by atoms with Gasteiger partial charge in [0.25, 0.3) is 0 Å². The molecule has 0 aliphatic carbocycles. The Morgan fingerprint density at radius 2 is 1.75 bits per heavy atom. The van der Waals surface area contributed by atoms with E-state index in [2.05, 4.69) is 10.6 Å². The molecule has 1 atom stereocenters. The van der Waals surface area contributed by atoms with Crippen LogP contribution in [0.4, 0.5) is 10.5 Å². The van der Waals surface area contributed by atoms with E-state index in [0.717, 1.165) is 16.5 Å². The maximum atomic E-state index is 12.8. The number of rotatable bonds is 1. The molecule has 0 spiro atoms. The molecule has 2 aromatic carbocycles. The van der Waals surface area contributed by atoms with Gasteiger partial charge in [0.15, 0.2) is 0 Å². The van der Waals surface area contributed by atoms with Crippen molar-refractivity contribution in [2.45, 2.75) is 19.4 Å². The highest BCUT2D eigenvalue weighted by atomic mass is 16.4. The van der Waals surface area contributed by atoms with Crippen molar-refractivity contribution < 1.29 is 9.21 Å². The van der Waals surface area contributed by atoms with Crippen LogP contribution >= 0.6 is 0 Å². The van der Waals surface area contributed by atoms with Gasteiger partial charge in [0.05, 0.1) is 16.8 Å². The number of aryl methyl sites for hydroxylation is 1. The number of para-hydroxylation sites is 1. The van der Waals surface area contributed by atoms with Crippen molar-refractivity contribution >= 4 is 22.7 Å². The topological polar surface area (TPSA) is 71.3 Å². The summed E-state index contributed by atoms with van der Waals surface area (Å²) < 4.78 is 5.60. The monoisotopic (exact) mass is 320 g/mol. The lowest BCUT2D eigenvalue weighted by Crippen LogP contribution is -2.53. The lowest BCUT2D eigenvalue weighted by Gasteiger charge is -2.36. The molecule has 0 bridgehead atoms. The van der Waals surface area contributed by atoms with Crippen LogP contribution in [0.1, 0.15) is 23.6 Å². The van der Waals surface area contributed by atoms with Gasteiger partial charge in [0.1, 0.15) is 5.58 Å². The first kappa shape index (κ1) is 14.5. The number of hydrogen-bond acceptors (Lipinski definition) is 3. The molecular weight excluding hydrogens is 304 g/mol. The number of amides is 2. The SMILES string of the molecule is Cc1cccc2c3c(c(=O)oc12)C(C)(c1ccccc1)NC(=O)N3. The fourth-order valence-corrected chi connectivity index (χ4v) is 3.37. The number of carbonyl (C=O) groups excluding carboxylic acids is 1. The van der Waals surface area contributed by atoms with Crippen molar-refractivity contribution in [2.75, 3.05) is 5.32 Å². The van der Waals surface area contributed by atoms with E-state index in [1.807, 2.05) is 62.4 Å². The summed E-state index contributed by atoms with van der Waals surface area (Å²) in [5, 5.41) is 6.38. The van der Waals surface area contributed by atoms with E-state index >= 15 is 0 Å². The molecule has 120 valence electrons. The Hall–Kier alpha value is -3.08. The number of fused-ring (bicyclic) bond motifs is 3. The Balaban J connectivity index is 2.12. The predicted molar refractivity (Wildman–Crippen MR) is 92.3 cm³/mol. The summed E-state index contributed by atoms with van der Waals surface area (Å²) in [7, 11) is 0. The smallest absolute Gasteiger partial charge is 0.344 e. The first-order valence-corrected chi connectivity index (χ1v) is 7.72. The third kappa shape index (κ3) is 1.94. The van der Waals surface area contributed by atoms with Crippen LogP contribution in [0, 0.1) is 6.92 Å². The van der Waals surface area contributed by atoms with Crippen LogP contribution in [0.15, 0.2) is 57.7 Å². The highest BCUT2D eigenvalue weighted by Crippen LogP contribution is 2.39. The number of urea groups is 1. The minimum absolute atomic E-state index is 0.345. The van der Waals surface area contributed by atoms with E-state index in [1.54, 1.807) is 0 Å². The summed E-state index contributed by atoms with van der Waals surface area (Å²) in [6.07, 6.45) is 0. The Labute approximate surface area is 138 Å². The summed E-state index contributed by atoms with van der Waals surface area (Å²) >= 11 is 0. The van der Waals surface area contributed by atoms with Crippen LogP contribution in [0.2, 0.25) is 0 Å². The van der Waals surface area contributed by atoms with Gasteiger partial charge in [-0.05, 0) is 31.0 Å². The second-order valence-corrected chi connectivity index (χ2v) is 6.16. The van der Waals surface area contributed by atoms with Crippen LogP contribution in [0.3, 0.4) is 0 Å². The van der Waals surface area contributed by atoms with Crippen molar-refractivity contribution in [1.82, 2.24) is 5.32 Å². The summed E-state index contributed by atoms with van der Waals surface area (Å²) in [5.41, 5.74) is 1.68. The van der Waals surface area contributed by atoms with Gasteiger partial charge in [-0.1, -0.05) is 42.5 Å². The van der Waals surface area contributed by atoms with Gasteiger partial charge >= 0.3 is 11.7 Å². The number of anilines is 1. The molecule has 1 aliphatic rings. The minimum Gasteiger partial charge on any atom is -0.422 e. The summed E-state index contributed by atoms with van der Waals surface area (Å²) in [6.45, 7) is 3.69. The van der Waals surface area contributed by atoms with Crippen LogP contribution in [-0.2, 0) is 5.54 Å². The quantitative estimate of drug-likeness (QED) is 0.674. The average molecular weight is 320 g/mol. The standard InChI is InChI=1S/C19H16N2O3/c1-11-7-6-10-13-15-14(17(22)24-16(11)13)19(2,21-18(23)20-15)12-8-4-3-5-9-12/h3-10H,1-2H3,(H2,20,21,23). The molecule has 5 nitrogen and oxygen atoms in total. The highest BCUT2D eigenvalue weighted by molar-refractivity contribution is 6.04. The van der Waals surface area contributed by atoms with Crippen LogP contribution < -0.4 is 16.3 Å². The number of nitrogens with one attached hydrogen (secondary N) is 2. The van der Waals surface area contributed by atoms with Crippen molar-refractivity contribution in [2.24, 2.45) is 0 Å². The zero-order valence-corrected chi connectivity index (χ0v) is 13.3. The molecule has 1 aliphatic heterocycles. The maximum Gasteiger partial charge on any atom is 0.344 e. The zero-order chi connectivity index (χ0) is 16.9. The Morgan fingerprint density at radius 1 is 1.00 bits per heavy atom. The Bertz CT molecular complexity index is 1020. The Kier molecular flexibility index (Phi) is 3.00. The van der Waals surface area contributed by atoms with Crippen LogP contribution in [-0.4, -0.2) is 6.03 Å². The average Bonchev–Trinajstić information content (AvgIpc) is 2.56. The van der Waals surface area contributed by atoms with E-state index in [1.165, 1.54) is 0 Å². The van der Waals surface area contributed by atoms with E-state index in [4.69, 9.17) is 4.42 Å². The molecule has 3 aromatic rings. The molecule has 1 aromatic heterocycles. The normalized spacial score (nSPS) is 19.5. The lowest BCUT2D eigenvalue weighted by molar-refractivity contribution is 0.241. The van der Waals surface area contributed by atoms with Crippen molar-refractivity contribution in [3.05, 3.63) is 75.6 Å². The fourth-order valence-electron chi connectivity index (χ4n) is 3.37. The molecular formula is C19H16N2O3. The largest absolute Gasteiger partial charge is 0.422 e. The molecule has 2 heterocycles. The van der Waals surface area contributed by atoms with Crippen LogP contribution in [0.5, 0.6) is 0 Å². The van der Waals surface area contributed by atoms with Crippen LogP contribution in [0.25, 0.3) is 11.0 Å². The maximum absolute atomic E-state index is 12.8. The van der Waals surface area contributed by atoms with E-state index in [-0.39, 0.29) is 6.03 Å². The van der Waals surface area contributed by atoms with Gasteiger partial charge in [-0.2, -0.15) is 0 Å². The fraction of sp³-hybridized carbons (Fsp3) is 0.158. The summed E-state index contributed by atoms with van der Waals surface area (Å²) in [6, 6.07) is 14.7. The van der Waals surface area contributed by atoms with Gasteiger partial charge in [0.2, 0.25) is 0 Å². The molecule has 0 saturated heterocycles. The number of carbonyl (C=O) groups is 1. The molecule has 0 saturated carbocycles. The van der Waals surface area contributed by atoms with Gasteiger partial charge in [-0.3, -0.25) is 0 Å². The molecule has 2 amide bonds. The molecule has 0 fully saturated rings. The molecule has 0 radical (unpaired) electrons. The first-order chi connectivity index (χ1) is 11.5. The Morgan fingerprint density at radius 3 is 2.50 bits per heavy atom. The number of hydrogen-bond donors (Lipinski definition) is 2. The third-order valence-corrected chi connectivity index (χ3v) is 4.58. The van der Waals surface area contributed by atoms with Crippen molar-refractivity contribution in [3.63, 3.8) is 0 Å². The van der Waals surface area contributed by atoms with Crippen molar-refractivity contribution in [3.8, 4) is 0 Å².